The predicted molar refractivity (Wildman–Crippen MR) is 119 cm³/mol. The third-order valence-electron chi connectivity index (χ3n) is 6.30. The van der Waals surface area contributed by atoms with E-state index in [0.717, 1.165) is 25.7 Å². The van der Waals surface area contributed by atoms with E-state index in [1.807, 2.05) is 6.92 Å². The van der Waals surface area contributed by atoms with Gasteiger partial charge in [0.1, 0.15) is 17.0 Å². The average Bonchev–Trinajstić information content (AvgIpc) is 3.26. The fourth-order valence-electron chi connectivity index (χ4n) is 4.54. The summed E-state index contributed by atoms with van der Waals surface area (Å²) in [4.78, 5) is 44.6. The van der Waals surface area contributed by atoms with Crippen LogP contribution in [0.3, 0.4) is 0 Å². The molecule has 0 bridgehead atoms. The van der Waals surface area contributed by atoms with E-state index in [-0.39, 0.29) is 35.3 Å². The molecule has 8 nitrogen and oxygen atoms in total. The minimum absolute atomic E-state index is 0. The zero-order chi connectivity index (χ0) is 23.3. The normalized spacial score (nSPS) is 27.3. The average molecular weight is 502 g/mol. The van der Waals surface area contributed by atoms with Crippen molar-refractivity contribution in [1.29, 1.82) is 0 Å². The first kappa shape index (κ1) is 26.3. The van der Waals surface area contributed by atoms with Crippen molar-refractivity contribution >= 4 is 46.9 Å². The Labute approximate surface area is 224 Å². The molecule has 1 saturated carbocycles. The van der Waals surface area contributed by atoms with Crippen molar-refractivity contribution in [1.82, 2.24) is 10.2 Å². The maximum absolute atomic E-state index is 13.2. The Balaban J connectivity index is 0.00000306. The second-order valence-corrected chi connectivity index (χ2v) is 11.4. The molecular weight excluding hydrogens is 477 g/mol. The first-order chi connectivity index (χ1) is 15.0. The summed E-state index contributed by atoms with van der Waals surface area (Å²) in [6.45, 7) is 5.46. The second kappa shape index (κ2) is 9.77. The number of thioether (sulfide) groups is 1. The molecule has 1 aromatic rings. The van der Waals surface area contributed by atoms with Crippen molar-refractivity contribution < 1.29 is 53.9 Å². The van der Waals surface area contributed by atoms with Gasteiger partial charge in [0.25, 0.3) is 5.91 Å². The number of benzene rings is 1. The van der Waals surface area contributed by atoms with E-state index in [1.54, 1.807) is 38.1 Å². The molecule has 33 heavy (non-hydrogen) atoms. The van der Waals surface area contributed by atoms with Gasteiger partial charge in [-0.15, -0.1) is 11.8 Å². The third kappa shape index (κ3) is 5.07. The predicted octanol–water partition coefficient (Wildman–Crippen LogP) is -1.31. The Morgan fingerprint density at radius 3 is 2.39 bits per heavy atom. The van der Waals surface area contributed by atoms with Crippen LogP contribution >= 0.6 is 23.4 Å². The molecule has 0 aromatic heterocycles. The van der Waals surface area contributed by atoms with Gasteiger partial charge in [0, 0.05) is 15.3 Å². The van der Waals surface area contributed by atoms with Gasteiger partial charge < -0.3 is 25.0 Å². The minimum Gasteiger partial charge on any atom is -0.548 e. The molecule has 4 rings (SSSR count). The number of hydrogen-bond acceptors (Lipinski definition) is 7. The molecular formula is C22H25ClN3NaO5S. The number of rotatable bonds is 6. The van der Waals surface area contributed by atoms with E-state index in [9.17, 15) is 19.5 Å². The van der Waals surface area contributed by atoms with Crippen LogP contribution < -0.4 is 40.0 Å². The van der Waals surface area contributed by atoms with Crippen LogP contribution in [0, 0.1) is 0 Å². The van der Waals surface area contributed by atoms with Gasteiger partial charge in [-0.05, 0) is 58.6 Å². The summed E-state index contributed by atoms with van der Waals surface area (Å²) in [6.07, 6.45) is 3.77. The van der Waals surface area contributed by atoms with Crippen molar-refractivity contribution in [3.8, 4) is 0 Å². The molecule has 2 heterocycles. The van der Waals surface area contributed by atoms with Gasteiger partial charge >= 0.3 is 29.6 Å². The Bertz CT molecular complexity index is 981. The van der Waals surface area contributed by atoms with E-state index in [4.69, 9.17) is 16.4 Å². The van der Waals surface area contributed by atoms with Gasteiger partial charge in [-0.1, -0.05) is 28.9 Å². The summed E-state index contributed by atoms with van der Waals surface area (Å²) >= 11 is 7.31. The number of carbonyl (C=O) groups excluding carboxylic acids is 3. The number of halogens is 1. The summed E-state index contributed by atoms with van der Waals surface area (Å²) in [5.74, 6) is -2.32. The van der Waals surface area contributed by atoms with Gasteiger partial charge in [-0.3, -0.25) is 9.59 Å². The van der Waals surface area contributed by atoms with Crippen molar-refractivity contribution in [2.45, 2.75) is 74.3 Å². The summed E-state index contributed by atoms with van der Waals surface area (Å²) < 4.78 is -0.730. The molecule has 3 atom stereocenters. The van der Waals surface area contributed by atoms with Crippen LogP contribution in [0.2, 0.25) is 5.02 Å². The number of oxime groups is 1. The van der Waals surface area contributed by atoms with Gasteiger partial charge in [-0.2, -0.15) is 0 Å². The molecule has 1 aliphatic carbocycles. The molecule has 172 valence electrons. The summed E-state index contributed by atoms with van der Waals surface area (Å²) in [5, 5.41) is 18.5. The van der Waals surface area contributed by atoms with Gasteiger partial charge in [0.2, 0.25) is 5.91 Å². The van der Waals surface area contributed by atoms with Crippen molar-refractivity contribution in [2.75, 3.05) is 0 Å². The van der Waals surface area contributed by atoms with Crippen LogP contribution in [0.25, 0.3) is 0 Å². The standard InChI is InChI=1S/C22H26ClN3O5S.Na/c1-21(2)16(20(29)30)26-18(28)15(19(26)32-21)24-17(27)14(12-6-8-13(23)9-7-12)25-31-22(3)10-4-5-11-22;/h6-9,15-16,19H,4-5,10-11H2,1-3H3,(H,24,27)(H,29,30);/q;+1/p-1/b25-14-;/t15-,16-,19+;/m0./s1. The third-order valence-corrected chi connectivity index (χ3v) is 8.13. The number of fused-ring (bicyclic) bond motifs is 1. The smallest absolute Gasteiger partial charge is 0.548 e. The van der Waals surface area contributed by atoms with Gasteiger partial charge in [0.15, 0.2) is 5.71 Å². The molecule has 0 unspecified atom stereocenters. The number of aliphatic carboxylic acids is 1. The molecule has 2 aliphatic heterocycles. The van der Waals surface area contributed by atoms with E-state index < -0.39 is 45.6 Å². The quantitative estimate of drug-likeness (QED) is 0.224. The number of carbonyl (C=O) groups is 3. The van der Waals surface area contributed by atoms with Gasteiger partial charge in [0.05, 0.1) is 12.0 Å². The van der Waals surface area contributed by atoms with E-state index >= 15 is 0 Å². The monoisotopic (exact) mass is 501 g/mol. The van der Waals surface area contributed by atoms with E-state index in [1.165, 1.54) is 16.7 Å². The Hall–Kier alpha value is -1.26. The number of nitrogens with zero attached hydrogens (tertiary/aromatic N) is 2. The van der Waals surface area contributed by atoms with E-state index in [2.05, 4.69) is 10.5 Å². The number of nitrogens with one attached hydrogen (secondary N) is 1. The number of β-lactam (4-membered cyclic amide) rings is 1. The fourth-order valence-corrected chi connectivity index (χ4v) is 6.29. The number of hydrogen-bond donors (Lipinski definition) is 1. The zero-order valence-electron chi connectivity index (χ0n) is 19.1. The van der Waals surface area contributed by atoms with Crippen LogP contribution in [0.4, 0.5) is 0 Å². The Kier molecular flexibility index (Phi) is 7.80. The molecule has 3 fully saturated rings. The zero-order valence-corrected chi connectivity index (χ0v) is 22.7. The number of carboxylic acids is 1. The summed E-state index contributed by atoms with van der Waals surface area (Å²) in [7, 11) is 0. The Morgan fingerprint density at radius 1 is 1.21 bits per heavy atom. The molecule has 3 aliphatic rings. The van der Waals surface area contributed by atoms with Crippen LogP contribution in [-0.4, -0.2) is 56.2 Å². The van der Waals surface area contributed by atoms with Crippen LogP contribution in [0.15, 0.2) is 29.4 Å². The van der Waals surface area contributed by atoms with Crippen molar-refractivity contribution in [3.63, 3.8) is 0 Å². The summed E-state index contributed by atoms with van der Waals surface area (Å²) in [5.41, 5.74) is 0.109. The topological polar surface area (TPSA) is 111 Å². The SMILES string of the molecule is CC1(O/N=C(\C(=O)N[C@H]2C(=O)N3[C@@H]2SC(C)(C)[C@@H]3C(=O)[O-])c2ccc(Cl)cc2)CCCC1.[Na+]. The molecule has 2 amide bonds. The molecule has 1 N–H and O–H groups in total. The van der Waals surface area contributed by atoms with Crippen LogP contribution in [0.1, 0.15) is 52.0 Å². The fraction of sp³-hybridized carbons (Fsp3) is 0.545. The first-order valence-corrected chi connectivity index (χ1v) is 11.8. The Morgan fingerprint density at radius 2 is 1.82 bits per heavy atom. The summed E-state index contributed by atoms with van der Waals surface area (Å²) in [6, 6.07) is 4.72. The minimum atomic E-state index is -1.30. The number of carboxylic acid groups (broad SMARTS) is 1. The largest absolute Gasteiger partial charge is 1.00 e. The molecule has 0 spiro atoms. The maximum Gasteiger partial charge on any atom is 1.00 e. The van der Waals surface area contributed by atoms with Crippen molar-refractivity contribution in [3.05, 3.63) is 34.9 Å². The molecule has 0 radical (unpaired) electrons. The van der Waals surface area contributed by atoms with Crippen molar-refractivity contribution in [2.24, 2.45) is 5.16 Å². The van der Waals surface area contributed by atoms with Gasteiger partial charge in [-0.25, -0.2) is 0 Å². The van der Waals surface area contributed by atoms with E-state index in [0.29, 0.717) is 10.6 Å². The van der Waals surface area contributed by atoms with Crippen LogP contribution in [-0.2, 0) is 19.2 Å². The molecule has 2 saturated heterocycles. The first-order valence-electron chi connectivity index (χ1n) is 10.6. The van der Waals surface area contributed by atoms with Crippen LogP contribution in [0.5, 0.6) is 0 Å². The molecule has 11 heteroatoms. The number of amides is 2. The maximum atomic E-state index is 13.2. The molecule has 1 aromatic carbocycles. The second-order valence-electron chi connectivity index (χ2n) is 9.23.